The molecule has 2 amide bonds. The maximum atomic E-state index is 13.1. The van der Waals surface area contributed by atoms with Crippen LogP contribution in [0.5, 0.6) is 5.75 Å². The third-order valence-corrected chi connectivity index (χ3v) is 6.83. The SMILES string of the molecule is O=C1NC(=S)N(c2ccc(Br)cc2)C(=O)/C1=C/c1ccc(OCc2ccc(Br)cc2Br)cc1. The van der Waals surface area contributed by atoms with Crippen molar-refractivity contribution in [3.05, 3.63) is 96.8 Å². The number of nitrogens with one attached hydrogen (secondary N) is 1. The lowest BCUT2D eigenvalue weighted by Gasteiger charge is -2.29. The number of rotatable bonds is 5. The number of halogens is 3. The van der Waals surface area contributed by atoms with Gasteiger partial charge in [0.2, 0.25) is 0 Å². The van der Waals surface area contributed by atoms with Crippen LogP contribution in [0.4, 0.5) is 5.69 Å². The lowest BCUT2D eigenvalue weighted by Crippen LogP contribution is -2.54. The minimum Gasteiger partial charge on any atom is -0.489 e. The predicted octanol–water partition coefficient (Wildman–Crippen LogP) is 6.38. The van der Waals surface area contributed by atoms with E-state index in [9.17, 15) is 9.59 Å². The Morgan fingerprint density at radius 2 is 1.58 bits per heavy atom. The van der Waals surface area contributed by atoms with Crippen LogP contribution in [0.3, 0.4) is 0 Å². The summed E-state index contributed by atoms with van der Waals surface area (Å²) in [6.07, 6.45) is 1.54. The van der Waals surface area contributed by atoms with Crippen molar-refractivity contribution in [2.24, 2.45) is 0 Å². The number of hydrogen-bond acceptors (Lipinski definition) is 4. The van der Waals surface area contributed by atoms with E-state index in [0.717, 1.165) is 19.0 Å². The second-order valence-electron chi connectivity index (χ2n) is 7.03. The van der Waals surface area contributed by atoms with E-state index in [0.29, 0.717) is 23.6 Å². The number of ether oxygens (including phenoxy) is 1. The molecule has 3 aromatic carbocycles. The fourth-order valence-corrected chi connectivity index (χ4v) is 4.82. The molecule has 0 aliphatic carbocycles. The van der Waals surface area contributed by atoms with Crippen LogP contribution in [0.1, 0.15) is 11.1 Å². The van der Waals surface area contributed by atoms with Crippen molar-refractivity contribution in [1.82, 2.24) is 5.32 Å². The first-order chi connectivity index (χ1) is 15.8. The number of amides is 2. The molecule has 0 spiro atoms. The Morgan fingerprint density at radius 1 is 0.909 bits per heavy atom. The molecule has 1 saturated heterocycles. The van der Waals surface area contributed by atoms with Crippen LogP contribution in [0, 0.1) is 0 Å². The monoisotopic (exact) mass is 648 g/mol. The van der Waals surface area contributed by atoms with Gasteiger partial charge >= 0.3 is 0 Å². The van der Waals surface area contributed by atoms with Crippen LogP contribution in [-0.2, 0) is 16.2 Å². The van der Waals surface area contributed by atoms with Gasteiger partial charge in [0.25, 0.3) is 11.8 Å². The Bertz CT molecular complexity index is 1280. The second-order valence-corrected chi connectivity index (χ2v) is 10.1. The smallest absolute Gasteiger partial charge is 0.270 e. The van der Waals surface area contributed by atoms with Gasteiger partial charge in [0.15, 0.2) is 5.11 Å². The van der Waals surface area contributed by atoms with E-state index >= 15 is 0 Å². The van der Waals surface area contributed by atoms with Crippen molar-refractivity contribution in [3.8, 4) is 5.75 Å². The van der Waals surface area contributed by atoms with E-state index < -0.39 is 11.8 Å². The zero-order chi connectivity index (χ0) is 23.5. The van der Waals surface area contributed by atoms with Crippen LogP contribution in [0.2, 0.25) is 0 Å². The van der Waals surface area contributed by atoms with E-state index in [1.165, 1.54) is 4.90 Å². The molecule has 5 nitrogen and oxygen atoms in total. The van der Waals surface area contributed by atoms with E-state index in [-0.39, 0.29) is 10.7 Å². The number of carbonyl (C=O) groups is 2. The summed E-state index contributed by atoms with van der Waals surface area (Å²) in [5.41, 5.74) is 2.27. The quantitative estimate of drug-likeness (QED) is 0.198. The molecule has 1 heterocycles. The molecule has 1 aliphatic heterocycles. The molecule has 1 fully saturated rings. The van der Waals surface area contributed by atoms with Gasteiger partial charge in [-0.2, -0.15) is 0 Å². The van der Waals surface area contributed by atoms with E-state index in [1.807, 2.05) is 18.2 Å². The summed E-state index contributed by atoms with van der Waals surface area (Å²) in [6.45, 7) is 0.398. The highest BCUT2D eigenvalue weighted by Crippen LogP contribution is 2.26. The standard InChI is InChI=1S/C24H15Br3N2O3S/c25-16-5-7-18(8-6-16)29-23(31)20(22(30)28-24(29)33)11-14-1-9-19(10-2-14)32-13-15-3-4-17(26)12-21(15)27/h1-12H,13H2,(H,28,30,33)/b20-11+. The molecule has 4 rings (SSSR count). The minimum atomic E-state index is -0.529. The highest BCUT2D eigenvalue weighted by molar-refractivity contribution is 9.11. The second kappa shape index (κ2) is 10.3. The molecular formula is C24H15Br3N2O3S. The van der Waals surface area contributed by atoms with Gasteiger partial charge in [-0.3, -0.25) is 19.8 Å². The molecule has 0 unspecified atom stereocenters. The van der Waals surface area contributed by atoms with Crippen LogP contribution in [-0.4, -0.2) is 16.9 Å². The number of carbonyl (C=O) groups excluding carboxylic acids is 2. The lowest BCUT2D eigenvalue weighted by molar-refractivity contribution is -0.122. The number of thiocarbonyl (C=S) groups is 1. The Labute approximate surface area is 221 Å². The lowest BCUT2D eigenvalue weighted by atomic mass is 10.1. The molecule has 1 N–H and O–H groups in total. The topological polar surface area (TPSA) is 58.6 Å². The third-order valence-electron chi connectivity index (χ3n) is 4.79. The highest BCUT2D eigenvalue weighted by Gasteiger charge is 2.34. The number of benzene rings is 3. The molecule has 0 bridgehead atoms. The number of hydrogen-bond donors (Lipinski definition) is 1. The summed E-state index contributed by atoms with van der Waals surface area (Å²) in [5, 5.41) is 2.64. The molecule has 0 aromatic heterocycles. The van der Waals surface area contributed by atoms with Gasteiger partial charge in [-0.25, -0.2) is 0 Å². The fourth-order valence-electron chi connectivity index (χ4n) is 3.11. The molecule has 3 aromatic rings. The van der Waals surface area contributed by atoms with Gasteiger partial charge in [-0.15, -0.1) is 0 Å². The maximum absolute atomic E-state index is 13.1. The third kappa shape index (κ3) is 5.60. The van der Waals surface area contributed by atoms with Gasteiger partial charge in [0.05, 0.1) is 5.69 Å². The number of nitrogens with zero attached hydrogens (tertiary/aromatic N) is 1. The summed E-state index contributed by atoms with van der Waals surface area (Å²) >= 11 is 15.6. The first kappa shape index (κ1) is 23.8. The largest absolute Gasteiger partial charge is 0.489 e. The van der Waals surface area contributed by atoms with E-state index in [4.69, 9.17) is 17.0 Å². The molecular weight excluding hydrogens is 636 g/mol. The summed E-state index contributed by atoms with van der Waals surface area (Å²) in [5.74, 6) is -0.339. The van der Waals surface area contributed by atoms with Gasteiger partial charge in [0.1, 0.15) is 17.9 Å². The van der Waals surface area contributed by atoms with Crippen molar-refractivity contribution in [2.75, 3.05) is 4.90 Å². The molecule has 33 heavy (non-hydrogen) atoms. The molecule has 0 saturated carbocycles. The Hall–Kier alpha value is -2.33. The van der Waals surface area contributed by atoms with E-state index in [1.54, 1.807) is 54.6 Å². The molecule has 0 atom stereocenters. The van der Waals surface area contributed by atoms with Crippen molar-refractivity contribution in [3.63, 3.8) is 0 Å². The minimum absolute atomic E-state index is 0.000944. The zero-order valence-corrected chi connectivity index (χ0v) is 22.4. The maximum Gasteiger partial charge on any atom is 0.270 e. The summed E-state index contributed by atoms with van der Waals surface area (Å²) < 4.78 is 8.66. The van der Waals surface area contributed by atoms with E-state index in [2.05, 4.69) is 53.1 Å². The predicted molar refractivity (Wildman–Crippen MR) is 143 cm³/mol. The van der Waals surface area contributed by atoms with Gasteiger partial charge in [-0.05, 0) is 72.4 Å². The number of anilines is 1. The fraction of sp³-hybridized carbons (Fsp3) is 0.0417. The average molecular weight is 651 g/mol. The first-order valence-electron chi connectivity index (χ1n) is 9.65. The van der Waals surface area contributed by atoms with Crippen molar-refractivity contribution < 1.29 is 14.3 Å². The van der Waals surface area contributed by atoms with Crippen molar-refractivity contribution in [2.45, 2.75) is 6.61 Å². The normalized spacial score (nSPS) is 15.1. The van der Waals surface area contributed by atoms with Crippen LogP contribution < -0.4 is 15.0 Å². The zero-order valence-electron chi connectivity index (χ0n) is 16.8. The van der Waals surface area contributed by atoms with Gasteiger partial charge in [0, 0.05) is 19.0 Å². The Balaban J connectivity index is 1.51. The first-order valence-corrected chi connectivity index (χ1v) is 12.4. The molecule has 1 aliphatic rings. The Kier molecular flexibility index (Phi) is 7.43. The summed E-state index contributed by atoms with van der Waals surface area (Å²) in [4.78, 5) is 26.9. The van der Waals surface area contributed by atoms with Gasteiger partial charge < -0.3 is 4.74 Å². The summed E-state index contributed by atoms with van der Waals surface area (Å²) in [6, 6.07) is 20.2. The summed E-state index contributed by atoms with van der Waals surface area (Å²) in [7, 11) is 0. The van der Waals surface area contributed by atoms with Crippen LogP contribution in [0.15, 0.2) is 85.7 Å². The van der Waals surface area contributed by atoms with Crippen molar-refractivity contribution >= 4 is 88.7 Å². The molecule has 166 valence electrons. The van der Waals surface area contributed by atoms with Crippen LogP contribution >= 0.6 is 60.0 Å². The van der Waals surface area contributed by atoms with Crippen LogP contribution in [0.25, 0.3) is 6.08 Å². The Morgan fingerprint density at radius 3 is 2.24 bits per heavy atom. The van der Waals surface area contributed by atoms with Crippen molar-refractivity contribution in [1.29, 1.82) is 0 Å². The molecule has 9 heteroatoms. The average Bonchev–Trinajstić information content (AvgIpc) is 2.78. The highest BCUT2D eigenvalue weighted by atomic mass is 79.9. The molecule has 0 radical (unpaired) electrons. The van der Waals surface area contributed by atoms with Gasteiger partial charge in [-0.1, -0.05) is 66.0 Å².